The van der Waals surface area contributed by atoms with Gasteiger partial charge < -0.3 is 19.9 Å². The van der Waals surface area contributed by atoms with Crippen molar-refractivity contribution in [2.45, 2.75) is 62.8 Å². The van der Waals surface area contributed by atoms with Gasteiger partial charge in [0.05, 0.1) is 24.4 Å². The molecule has 0 spiro atoms. The van der Waals surface area contributed by atoms with Crippen molar-refractivity contribution in [3.05, 3.63) is 48.1 Å². The van der Waals surface area contributed by atoms with E-state index in [0.717, 1.165) is 36.6 Å². The van der Waals surface area contributed by atoms with Crippen LogP contribution < -0.4 is 10.6 Å². The Balaban J connectivity index is 1.06. The van der Waals surface area contributed by atoms with Gasteiger partial charge in [-0.25, -0.2) is 24.1 Å². The topological polar surface area (TPSA) is 151 Å². The lowest BCUT2D eigenvalue weighted by atomic mass is 9.50. The van der Waals surface area contributed by atoms with Gasteiger partial charge in [-0.1, -0.05) is 0 Å². The van der Waals surface area contributed by atoms with Crippen LogP contribution in [-0.4, -0.2) is 58.0 Å². The molecule has 0 saturated heterocycles. The molecule has 3 atom stereocenters. The molecule has 0 aromatic carbocycles. The summed E-state index contributed by atoms with van der Waals surface area (Å²) in [5.74, 6) is 1.46. The van der Waals surface area contributed by atoms with Crippen LogP contribution in [0.1, 0.15) is 55.1 Å². The number of hydrogen-bond donors (Lipinski definition) is 3. The van der Waals surface area contributed by atoms with Gasteiger partial charge in [0.15, 0.2) is 17.2 Å². The fourth-order valence-electron chi connectivity index (χ4n) is 5.91. The number of hydrogen-bond acceptors (Lipinski definition) is 8. The number of carbonyl (C=O) groups excluding carboxylic acids is 1. The third-order valence-corrected chi connectivity index (χ3v) is 7.95. The van der Waals surface area contributed by atoms with Crippen molar-refractivity contribution in [1.29, 1.82) is 5.26 Å². The maximum absolute atomic E-state index is 14.8. The average Bonchev–Trinajstić information content (AvgIpc) is 3.63. The minimum absolute atomic E-state index is 0.103. The van der Waals surface area contributed by atoms with Crippen molar-refractivity contribution in [1.82, 2.24) is 39.4 Å². The summed E-state index contributed by atoms with van der Waals surface area (Å²) in [6.07, 6.45) is 7.81. The molecular weight excluding hydrogens is 491 g/mol. The SMILES string of the molecule is Cc1cn(-c2cnc(Nc3cc([C@H]4C[C@@H](F)[C@@H](OC(=O)NC56CC(C5)C6)C4)[nH]n3)n3cc(C#N)nc23)cn1. The number of halogens is 1. The van der Waals surface area contributed by atoms with Crippen molar-refractivity contribution >= 4 is 23.5 Å². The Morgan fingerprint density at radius 1 is 1.29 bits per heavy atom. The molecule has 0 aliphatic heterocycles. The predicted molar refractivity (Wildman–Crippen MR) is 132 cm³/mol. The number of nitrogens with zero attached hydrogens (tertiary/aromatic N) is 7. The molecule has 4 aliphatic rings. The summed E-state index contributed by atoms with van der Waals surface area (Å²) in [4.78, 5) is 25.5. The molecule has 4 saturated carbocycles. The Hall–Kier alpha value is -4.47. The van der Waals surface area contributed by atoms with Crippen LogP contribution in [0.25, 0.3) is 11.3 Å². The van der Waals surface area contributed by atoms with Gasteiger partial charge in [0.25, 0.3) is 0 Å². The third kappa shape index (κ3) is 3.75. The van der Waals surface area contributed by atoms with Crippen molar-refractivity contribution in [2.24, 2.45) is 5.92 Å². The molecule has 194 valence electrons. The molecule has 0 unspecified atom stereocenters. The van der Waals surface area contributed by atoms with E-state index in [-0.39, 0.29) is 23.6 Å². The lowest BCUT2D eigenvalue weighted by Gasteiger charge is -2.61. The highest BCUT2D eigenvalue weighted by Crippen LogP contribution is 2.57. The summed E-state index contributed by atoms with van der Waals surface area (Å²) >= 11 is 0. The highest BCUT2D eigenvalue weighted by Gasteiger charge is 2.58. The Kier molecular flexibility index (Phi) is 4.94. The molecule has 2 bridgehead atoms. The second-order valence-electron chi connectivity index (χ2n) is 10.7. The number of carbonyl (C=O) groups is 1. The molecule has 4 aromatic rings. The molecule has 4 heterocycles. The smallest absolute Gasteiger partial charge is 0.407 e. The van der Waals surface area contributed by atoms with E-state index in [2.05, 4.69) is 41.9 Å². The molecule has 3 N–H and O–H groups in total. The molecule has 13 heteroatoms. The number of rotatable bonds is 6. The van der Waals surface area contributed by atoms with E-state index in [1.165, 1.54) is 0 Å². The van der Waals surface area contributed by atoms with Crippen LogP contribution in [0.15, 0.2) is 31.0 Å². The Morgan fingerprint density at radius 3 is 2.84 bits per heavy atom. The monoisotopic (exact) mass is 516 g/mol. The minimum Gasteiger partial charge on any atom is -0.443 e. The van der Waals surface area contributed by atoms with E-state index in [4.69, 9.17) is 4.74 Å². The number of ether oxygens (including phenoxy) is 1. The number of nitrogens with one attached hydrogen (secondary N) is 3. The number of aromatic nitrogens is 7. The largest absolute Gasteiger partial charge is 0.443 e. The van der Waals surface area contributed by atoms with E-state index >= 15 is 0 Å². The lowest BCUT2D eigenvalue weighted by molar-refractivity contribution is -0.0530. The highest BCUT2D eigenvalue weighted by atomic mass is 19.1. The number of aromatic amines is 1. The van der Waals surface area contributed by atoms with Crippen molar-refractivity contribution in [2.75, 3.05) is 5.32 Å². The standard InChI is InChI=1S/C25H25FN10O2/c1-13-10-35(12-29-13)19-9-28-23(36-11-16(8-27)30-22(19)36)31-21-4-18(33-34-21)15-2-17(26)20(3-15)38-24(37)32-25-5-14(6-25)7-25/h4,9-12,14-15,17,20H,2-3,5-7H2,1H3,(H,32,37)(H2,28,31,33,34)/t14?,15-,17+,20-,25?/m0/s1. The van der Waals surface area contributed by atoms with Crippen molar-refractivity contribution in [3.8, 4) is 11.8 Å². The number of H-pyrrole nitrogens is 1. The third-order valence-electron chi connectivity index (χ3n) is 7.95. The van der Waals surface area contributed by atoms with Crippen molar-refractivity contribution in [3.63, 3.8) is 0 Å². The maximum Gasteiger partial charge on any atom is 0.407 e. The molecule has 12 nitrogen and oxygen atoms in total. The number of alkyl halides is 1. The maximum atomic E-state index is 14.8. The van der Waals surface area contributed by atoms with E-state index in [0.29, 0.717) is 29.5 Å². The highest BCUT2D eigenvalue weighted by molar-refractivity contribution is 5.69. The van der Waals surface area contributed by atoms with E-state index in [1.54, 1.807) is 33.8 Å². The number of fused-ring (bicyclic) bond motifs is 1. The Morgan fingerprint density at radius 2 is 2.13 bits per heavy atom. The molecule has 4 aliphatic carbocycles. The van der Waals surface area contributed by atoms with Crippen LogP contribution in [0.3, 0.4) is 0 Å². The number of nitriles is 1. The molecule has 4 fully saturated rings. The number of amides is 1. The molecule has 1 amide bonds. The molecule has 38 heavy (non-hydrogen) atoms. The van der Waals surface area contributed by atoms with Gasteiger partial charge in [0.2, 0.25) is 5.95 Å². The van der Waals surface area contributed by atoms with Crippen LogP contribution in [0.4, 0.5) is 21.0 Å². The zero-order chi connectivity index (χ0) is 26.0. The Labute approximate surface area is 216 Å². The van der Waals surface area contributed by atoms with Gasteiger partial charge >= 0.3 is 6.09 Å². The van der Waals surface area contributed by atoms with Crippen LogP contribution in [0.2, 0.25) is 0 Å². The van der Waals surface area contributed by atoms with Gasteiger partial charge in [-0.3, -0.25) is 9.50 Å². The summed E-state index contributed by atoms with van der Waals surface area (Å²) in [7, 11) is 0. The zero-order valence-corrected chi connectivity index (χ0v) is 20.6. The first kappa shape index (κ1) is 22.7. The minimum atomic E-state index is -1.24. The summed E-state index contributed by atoms with van der Waals surface area (Å²) in [5, 5.41) is 22.8. The predicted octanol–water partition coefficient (Wildman–Crippen LogP) is 3.42. The first-order valence-electron chi connectivity index (χ1n) is 12.6. The summed E-state index contributed by atoms with van der Waals surface area (Å²) in [5.41, 5.74) is 2.92. The number of imidazole rings is 2. The van der Waals surface area contributed by atoms with E-state index in [1.807, 2.05) is 13.1 Å². The molecule has 4 aromatic heterocycles. The number of aryl methyl sites for hydroxylation is 1. The first-order valence-corrected chi connectivity index (χ1v) is 12.6. The van der Waals surface area contributed by atoms with Crippen LogP contribution >= 0.6 is 0 Å². The molecule has 0 radical (unpaired) electrons. The fourth-order valence-corrected chi connectivity index (χ4v) is 5.91. The fraction of sp³-hybridized carbons (Fsp3) is 0.440. The van der Waals surface area contributed by atoms with Gasteiger partial charge in [-0.2, -0.15) is 10.4 Å². The lowest BCUT2D eigenvalue weighted by Crippen LogP contribution is -2.68. The molecular formula is C25H25FN10O2. The normalized spacial score (nSPS) is 27.4. The quantitative estimate of drug-likeness (QED) is 0.353. The van der Waals surface area contributed by atoms with E-state index in [9.17, 15) is 14.4 Å². The van der Waals surface area contributed by atoms with Crippen LogP contribution in [-0.2, 0) is 4.74 Å². The summed E-state index contributed by atoms with van der Waals surface area (Å²) < 4.78 is 23.7. The van der Waals surface area contributed by atoms with Crippen LogP contribution in [0.5, 0.6) is 0 Å². The summed E-state index contributed by atoms with van der Waals surface area (Å²) in [6, 6.07) is 3.86. The van der Waals surface area contributed by atoms with E-state index < -0.39 is 18.4 Å². The zero-order valence-electron chi connectivity index (χ0n) is 20.6. The summed E-state index contributed by atoms with van der Waals surface area (Å²) in [6.45, 7) is 1.88. The molecule has 8 rings (SSSR count). The average molecular weight is 517 g/mol. The van der Waals surface area contributed by atoms with Gasteiger partial charge in [-0.05, 0) is 44.9 Å². The van der Waals surface area contributed by atoms with Crippen molar-refractivity contribution < 1.29 is 13.9 Å². The van der Waals surface area contributed by atoms with Gasteiger partial charge in [0, 0.05) is 29.4 Å². The Bertz CT molecular complexity index is 1580. The second-order valence-corrected chi connectivity index (χ2v) is 10.7. The van der Waals surface area contributed by atoms with Crippen LogP contribution in [0, 0.1) is 24.2 Å². The number of alkyl carbamates (subject to hydrolysis) is 1. The number of anilines is 2. The van der Waals surface area contributed by atoms with Gasteiger partial charge in [-0.15, -0.1) is 0 Å². The first-order chi connectivity index (χ1) is 18.4. The van der Waals surface area contributed by atoms with Gasteiger partial charge in [0.1, 0.15) is 24.0 Å². The second kappa shape index (κ2) is 8.27.